The van der Waals surface area contributed by atoms with Crippen molar-refractivity contribution in [3.63, 3.8) is 0 Å². The summed E-state index contributed by atoms with van der Waals surface area (Å²) in [7, 11) is -3.58. The van der Waals surface area contributed by atoms with Crippen LogP contribution in [0, 0.1) is 0 Å². The third-order valence-corrected chi connectivity index (χ3v) is 5.27. The van der Waals surface area contributed by atoms with E-state index in [0.29, 0.717) is 10.8 Å². The average Bonchev–Trinajstić information content (AvgIpc) is 2.43. The summed E-state index contributed by atoms with van der Waals surface area (Å²) in [6, 6.07) is 1.30. The fraction of sp³-hybridized carbons (Fsp3) is 0.615. The molecule has 5 nitrogen and oxygen atoms in total. The highest BCUT2D eigenvalue weighted by Gasteiger charge is 2.19. The van der Waals surface area contributed by atoms with E-state index in [1.807, 2.05) is 20.1 Å². The lowest BCUT2D eigenvalue weighted by Crippen LogP contribution is -2.33. The average molecular weight is 352 g/mol. The fourth-order valence-corrected chi connectivity index (χ4v) is 3.76. The zero-order chi connectivity index (χ0) is 15.9. The maximum atomic E-state index is 12.2. The summed E-state index contributed by atoms with van der Waals surface area (Å²) in [5.74, 6) is 1.41. The van der Waals surface area contributed by atoms with Gasteiger partial charge in [0.2, 0.25) is 10.0 Å². The molecule has 1 unspecified atom stereocenters. The summed E-state index contributed by atoms with van der Waals surface area (Å²) in [6.07, 6.45) is 5.03. The SMILES string of the molecule is CCCNc1ncc(S(=O)(=O)NC(C)CCSC)cc1Cl. The van der Waals surface area contributed by atoms with Crippen molar-refractivity contribution in [2.45, 2.75) is 37.6 Å². The monoisotopic (exact) mass is 351 g/mol. The van der Waals surface area contributed by atoms with Crippen LogP contribution in [0.15, 0.2) is 17.2 Å². The third-order valence-electron chi connectivity index (χ3n) is 2.78. The molecule has 8 heteroatoms. The van der Waals surface area contributed by atoms with Crippen LogP contribution in [0.2, 0.25) is 5.02 Å². The van der Waals surface area contributed by atoms with Gasteiger partial charge in [-0.3, -0.25) is 0 Å². The first-order valence-corrected chi connectivity index (χ1v) is 10.1. The van der Waals surface area contributed by atoms with Crippen molar-refractivity contribution in [3.05, 3.63) is 17.3 Å². The number of pyridine rings is 1. The molecule has 0 bridgehead atoms. The molecular weight excluding hydrogens is 330 g/mol. The van der Waals surface area contributed by atoms with Crippen molar-refractivity contribution >= 4 is 39.2 Å². The smallest absolute Gasteiger partial charge is 0.242 e. The van der Waals surface area contributed by atoms with Crippen molar-refractivity contribution < 1.29 is 8.42 Å². The molecule has 0 spiro atoms. The summed E-state index contributed by atoms with van der Waals surface area (Å²) in [5, 5.41) is 3.36. The Morgan fingerprint density at radius 1 is 1.48 bits per heavy atom. The van der Waals surface area contributed by atoms with Crippen LogP contribution >= 0.6 is 23.4 Å². The Labute approximate surface area is 136 Å². The highest BCUT2D eigenvalue weighted by atomic mass is 35.5. The van der Waals surface area contributed by atoms with Gasteiger partial charge in [-0.15, -0.1) is 0 Å². The summed E-state index contributed by atoms with van der Waals surface area (Å²) in [4.78, 5) is 4.17. The van der Waals surface area contributed by atoms with E-state index in [1.165, 1.54) is 12.3 Å². The number of nitrogens with one attached hydrogen (secondary N) is 2. The molecule has 2 N–H and O–H groups in total. The molecule has 0 saturated carbocycles. The maximum absolute atomic E-state index is 12.2. The van der Waals surface area contributed by atoms with Crippen LogP contribution in [0.25, 0.3) is 0 Å². The highest BCUT2D eigenvalue weighted by Crippen LogP contribution is 2.22. The molecule has 0 aliphatic carbocycles. The van der Waals surface area contributed by atoms with Crippen LogP contribution in [0.3, 0.4) is 0 Å². The van der Waals surface area contributed by atoms with E-state index in [0.717, 1.165) is 25.1 Å². The van der Waals surface area contributed by atoms with Gasteiger partial charge in [0.25, 0.3) is 0 Å². The number of hydrogen-bond donors (Lipinski definition) is 2. The van der Waals surface area contributed by atoms with Crippen molar-refractivity contribution in [3.8, 4) is 0 Å². The molecule has 1 aromatic heterocycles. The zero-order valence-electron chi connectivity index (χ0n) is 12.5. The summed E-state index contributed by atoms with van der Waals surface area (Å²) >= 11 is 7.76. The molecule has 0 aliphatic heterocycles. The molecule has 1 heterocycles. The first-order chi connectivity index (χ1) is 9.90. The van der Waals surface area contributed by atoms with E-state index in [4.69, 9.17) is 11.6 Å². The first-order valence-electron chi connectivity index (χ1n) is 6.81. The van der Waals surface area contributed by atoms with Crippen molar-refractivity contribution in [2.75, 3.05) is 23.9 Å². The third kappa shape index (κ3) is 6.02. The summed E-state index contributed by atoms with van der Waals surface area (Å²) < 4.78 is 27.1. The Kier molecular flexibility index (Phi) is 7.79. The second-order valence-electron chi connectivity index (χ2n) is 4.73. The van der Waals surface area contributed by atoms with E-state index in [1.54, 1.807) is 11.8 Å². The van der Waals surface area contributed by atoms with Crippen LogP contribution in [-0.4, -0.2) is 38.0 Å². The molecule has 120 valence electrons. The largest absolute Gasteiger partial charge is 0.369 e. The number of sulfonamides is 1. The number of anilines is 1. The Morgan fingerprint density at radius 3 is 2.76 bits per heavy atom. The van der Waals surface area contributed by atoms with Crippen LogP contribution < -0.4 is 10.0 Å². The number of aromatic nitrogens is 1. The Hall–Kier alpha value is -0.500. The van der Waals surface area contributed by atoms with Gasteiger partial charge in [-0.05, 0) is 37.8 Å². The lowest BCUT2D eigenvalue weighted by molar-refractivity contribution is 0.556. The van der Waals surface area contributed by atoms with Crippen LogP contribution in [0.5, 0.6) is 0 Å². The number of hydrogen-bond acceptors (Lipinski definition) is 5. The van der Waals surface area contributed by atoms with Gasteiger partial charge in [0.1, 0.15) is 10.7 Å². The topological polar surface area (TPSA) is 71.1 Å². The standard InChI is InChI=1S/C13H22ClN3O2S2/c1-4-6-15-13-12(14)8-11(9-16-13)21(18,19)17-10(2)5-7-20-3/h8-10,17H,4-7H2,1-3H3,(H,15,16). The molecule has 0 amide bonds. The molecular formula is C13H22ClN3O2S2. The van der Waals surface area contributed by atoms with Gasteiger partial charge >= 0.3 is 0 Å². The van der Waals surface area contributed by atoms with Gasteiger partial charge in [0, 0.05) is 18.8 Å². The molecule has 1 atom stereocenters. The molecule has 1 rings (SSSR count). The zero-order valence-corrected chi connectivity index (χ0v) is 14.9. The van der Waals surface area contributed by atoms with E-state index in [2.05, 4.69) is 15.0 Å². The van der Waals surface area contributed by atoms with E-state index in [-0.39, 0.29) is 10.9 Å². The Morgan fingerprint density at radius 2 is 2.19 bits per heavy atom. The van der Waals surface area contributed by atoms with Gasteiger partial charge in [0.15, 0.2) is 0 Å². The van der Waals surface area contributed by atoms with Crippen molar-refractivity contribution in [1.82, 2.24) is 9.71 Å². The number of thioether (sulfide) groups is 1. The van der Waals surface area contributed by atoms with Crippen LogP contribution in [0.4, 0.5) is 5.82 Å². The minimum atomic E-state index is -3.58. The van der Waals surface area contributed by atoms with Crippen molar-refractivity contribution in [1.29, 1.82) is 0 Å². The predicted octanol–water partition coefficient (Wildman–Crippen LogP) is 2.98. The van der Waals surface area contributed by atoms with Gasteiger partial charge in [-0.1, -0.05) is 18.5 Å². The Balaban J connectivity index is 2.81. The minimum Gasteiger partial charge on any atom is -0.369 e. The second kappa shape index (κ2) is 8.82. The molecule has 21 heavy (non-hydrogen) atoms. The fourth-order valence-electron chi connectivity index (χ4n) is 1.63. The molecule has 0 aliphatic rings. The highest BCUT2D eigenvalue weighted by molar-refractivity contribution is 7.98. The first kappa shape index (κ1) is 18.5. The Bertz CT molecular complexity index is 552. The van der Waals surface area contributed by atoms with Gasteiger partial charge in [0.05, 0.1) is 5.02 Å². The van der Waals surface area contributed by atoms with E-state index < -0.39 is 10.0 Å². The molecule has 1 aromatic rings. The quantitative estimate of drug-likeness (QED) is 0.715. The van der Waals surface area contributed by atoms with Crippen LogP contribution in [0.1, 0.15) is 26.7 Å². The lowest BCUT2D eigenvalue weighted by atomic mass is 10.3. The number of halogens is 1. The van der Waals surface area contributed by atoms with Gasteiger partial charge in [-0.2, -0.15) is 11.8 Å². The molecule has 0 radical (unpaired) electrons. The second-order valence-corrected chi connectivity index (χ2v) is 7.84. The minimum absolute atomic E-state index is 0.0885. The van der Waals surface area contributed by atoms with Crippen LogP contribution in [-0.2, 0) is 10.0 Å². The normalized spacial score (nSPS) is 13.1. The van der Waals surface area contributed by atoms with E-state index >= 15 is 0 Å². The summed E-state index contributed by atoms with van der Waals surface area (Å²) in [6.45, 7) is 4.61. The number of rotatable bonds is 9. The van der Waals surface area contributed by atoms with E-state index in [9.17, 15) is 8.42 Å². The molecule has 0 saturated heterocycles. The van der Waals surface area contributed by atoms with Gasteiger partial charge in [-0.25, -0.2) is 18.1 Å². The lowest BCUT2D eigenvalue weighted by Gasteiger charge is -2.14. The maximum Gasteiger partial charge on any atom is 0.242 e. The molecule has 0 fully saturated rings. The number of nitrogens with zero attached hydrogens (tertiary/aromatic N) is 1. The van der Waals surface area contributed by atoms with Gasteiger partial charge < -0.3 is 5.32 Å². The summed E-state index contributed by atoms with van der Waals surface area (Å²) in [5.41, 5.74) is 0. The molecule has 0 aromatic carbocycles. The van der Waals surface area contributed by atoms with Crippen molar-refractivity contribution in [2.24, 2.45) is 0 Å². The predicted molar refractivity (Wildman–Crippen MR) is 90.8 cm³/mol.